The Hall–Kier alpha value is -1.80. The Balaban J connectivity index is 1.68. The quantitative estimate of drug-likeness (QED) is 0.911. The van der Waals surface area contributed by atoms with Gasteiger partial charge in [0.05, 0.1) is 30.0 Å². The van der Waals surface area contributed by atoms with Crippen LogP contribution in [0.5, 0.6) is 0 Å². The van der Waals surface area contributed by atoms with Crippen LogP contribution in [0.4, 0.5) is 0 Å². The Kier molecular flexibility index (Phi) is 4.45. The van der Waals surface area contributed by atoms with Crippen LogP contribution in [-0.4, -0.2) is 52.2 Å². The summed E-state index contributed by atoms with van der Waals surface area (Å²) >= 11 is 0. The van der Waals surface area contributed by atoms with Crippen LogP contribution in [0.2, 0.25) is 0 Å². The van der Waals surface area contributed by atoms with Crippen LogP contribution in [0, 0.1) is 12.8 Å². The van der Waals surface area contributed by atoms with Crippen LogP contribution in [-0.2, 0) is 16.4 Å². The minimum Gasteiger partial charge on any atom is -0.282 e. The van der Waals surface area contributed by atoms with Crippen molar-refractivity contribution in [3.05, 3.63) is 30.0 Å². The number of hydrogen-bond donors (Lipinski definition) is 1. The minimum atomic E-state index is -3.11. The molecule has 1 N–H and O–H groups in total. The first-order valence-corrected chi connectivity index (χ1v) is 9.54. The molecule has 3 rings (SSSR count). The maximum absolute atomic E-state index is 11.7. The molecule has 124 valence electrons. The largest absolute Gasteiger partial charge is 0.282 e. The zero-order valence-corrected chi connectivity index (χ0v) is 14.2. The number of hydrogen-bond acceptors (Lipinski definition) is 5. The highest BCUT2D eigenvalue weighted by Gasteiger charge is 2.26. The van der Waals surface area contributed by atoms with Gasteiger partial charge in [-0.15, -0.1) is 0 Å². The maximum Gasteiger partial charge on any atom is 0.211 e. The molecule has 23 heavy (non-hydrogen) atoms. The van der Waals surface area contributed by atoms with Gasteiger partial charge in [0.15, 0.2) is 0 Å². The van der Waals surface area contributed by atoms with E-state index in [1.807, 2.05) is 6.92 Å². The molecular weight excluding hydrogens is 314 g/mol. The van der Waals surface area contributed by atoms with Gasteiger partial charge < -0.3 is 0 Å². The summed E-state index contributed by atoms with van der Waals surface area (Å²) < 4.78 is 24.9. The number of sulfonamides is 1. The van der Waals surface area contributed by atoms with Crippen LogP contribution in [0.15, 0.2) is 18.6 Å². The van der Waals surface area contributed by atoms with Crippen molar-refractivity contribution >= 4 is 10.0 Å². The van der Waals surface area contributed by atoms with Crippen molar-refractivity contribution < 1.29 is 8.42 Å². The van der Waals surface area contributed by atoms with Gasteiger partial charge in [0.2, 0.25) is 10.0 Å². The summed E-state index contributed by atoms with van der Waals surface area (Å²) in [6, 6.07) is 0. The molecule has 0 bridgehead atoms. The second-order valence-electron chi connectivity index (χ2n) is 6.14. The van der Waals surface area contributed by atoms with Gasteiger partial charge in [0.1, 0.15) is 0 Å². The molecule has 7 nitrogen and oxygen atoms in total. The highest BCUT2D eigenvalue weighted by atomic mass is 32.2. The lowest BCUT2D eigenvalue weighted by molar-refractivity contribution is 0.265. The molecule has 2 aromatic heterocycles. The molecule has 1 saturated heterocycles. The van der Waals surface area contributed by atoms with Crippen molar-refractivity contribution in [1.82, 2.24) is 24.5 Å². The molecule has 0 spiro atoms. The van der Waals surface area contributed by atoms with Crippen molar-refractivity contribution in [1.29, 1.82) is 0 Å². The summed E-state index contributed by atoms with van der Waals surface area (Å²) in [4.78, 5) is 8.95. The predicted octanol–water partition coefficient (Wildman–Crippen LogP) is 1.39. The minimum absolute atomic E-state index is 0.300. The zero-order valence-electron chi connectivity index (χ0n) is 13.4. The van der Waals surface area contributed by atoms with E-state index < -0.39 is 10.0 Å². The third-order valence-electron chi connectivity index (χ3n) is 4.26. The number of nitrogens with one attached hydrogen (secondary N) is 1. The predicted molar refractivity (Wildman–Crippen MR) is 87.2 cm³/mol. The van der Waals surface area contributed by atoms with E-state index in [0.717, 1.165) is 41.9 Å². The lowest BCUT2D eigenvalue weighted by Gasteiger charge is -2.30. The molecule has 3 heterocycles. The van der Waals surface area contributed by atoms with Crippen LogP contribution in [0.3, 0.4) is 0 Å². The average Bonchev–Trinajstić information content (AvgIpc) is 2.94. The van der Waals surface area contributed by atoms with Gasteiger partial charge in [-0.05, 0) is 32.1 Å². The second-order valence-corrected chi connectivity index (χ2v) is 8.12. The van der Waals surface area contributed by atoms with Gasteiger partial charge in [-0.2, -0.15) is 5.10 Å². The van der Waals surface area contributed by atoms with E-state index in [2.05, 4.69) is 20.2 Å². The number of piperidine rings is 1. The van der Waals surface area contributed by atoms with E-state index in [0.29, 0.717) is 19.0 Å². The van der Waals surface area contributed by atoms with Gasteiger partial charge in [-0.1, -0.05) is 0 Å². The average molecular weight is 335 g/mol. The van der Waals surface area contributed by atoms with Crippen LogP contribution in [0.1, 0.15) is 24.2 Å². The first kappa shape index (κ1) is 16.1. The number of aromatic amines is 1. The standard InChI is InChI=1S/C15H21N5O2S/c1-11-14(8-18-19-11)15-9-16-13(7-17-15)6-12-4-3-5-20(10-12)23(2,21)22/h7-9,12H,3-6,10H2,1-2H3,(H,18,19)/t12-/m0/s1. The lowest BCUT2D eigenvalue weighted by atomic mass is 9.95. The van der Waals surface area contributed by atoms with Crippen molar-refractivity contribution in [3.8, 4) is 11.3 Å². The Morgan fingerprint density at radius 1 is 1.30 bits per heavy atom. The SMILES string of the molecule is Cc1[nH]ncc1-c1cnc(C[C@@H]2CCCN(S(C)(=O)=O)C2)cn1. The van der Waals surface area contributed by atoms with Crippen LogP contribution < -0.4 is 0 Å². The summed E-state index contributed by atoms with van der Waals surface area (Å²) in [6.45, 7) is 3.14. The highest BCUT2D eigenvalue weighted by Crippen LogP contribution is 2.23. The Morgan fingerprint density at radius 2 is 2.13 bits per heavy atom. The normalized spacial score (nSPS) is 19.8. The third kappa shape index (κ3) is 3.76. The summed E-state index contributed by atoms with van der Waals surface area (Å²) in [5, 5.41) is 6.88. The second kappa shape index (κ2) is 6.37. The summed E-state index contributed by atoms with van der Waals surface area (Å²) in [5.41, 5.74) is 3.60. The summed E-state index contributed by atoms with van der Waals surface area (Å²) in [7, 11) is -3.11. The number of H-pyrrole nitrogens is 1. The number of aromatic nitrogens is 4. The molecule has 1 atom stereocenters. The third-order valence-corrected chi connectivity index (χ3v) is 5.53. The van der Waals surface area contributed by atoms with Crippen molar-refractivity contribution in [2.75, 3.05) is 19.3 Å². The van der Waals surface area contributed by atoms with Gasteiger partial charge in [-0.25, -0.2) is 12.7 Å². The topological polar surface area (TPSA) is 91.8 Å². The molecular formula is C15H21N5O2S. The first-order chi connectivity index (χ1) is 10.9. The number of nitrogens with zero attached hydrogens (tertiary/aromatic N) is 4. The van der Waals surface area contributed by atoms with E-state index in [1.54, 1.807) is 22.9 Å². The molecule has 0 radical (unpaired) electrons. The Bertz CT molecular complexity index is 769. The number of aryl methyl sites for hydroxylation is 1. The first-order valence-electron chi connectivity index (χ1n) is 7.70. The smallest absolute Gasteiger partial charge is 0.211 e. The molecule has 8 heteroatoms. The molecule has 2 aromatic rings. The van der Waals surface area contributed by atoms with Crippen LogP contribution >= 0.6 is 0 Å². The number of rotatable bonds is 4. The van der Waals surface area contributed by atoms with Crippen molar-refractivity contribution in [3.63, 3.8) is 0 Å². The van der Waals surface area contributed by atoms with E-state index in [-0.39, 0.29) is 0 Å². The summed E-state index contributed by atoms with van der Waals surface area (Å²) in [6.07, 6.45) is 9.23. The molecule has 0 amide bonds. The van der Waals surface area contributed by atoms with Crippen molar-refractivity contribution in [2.24, 2.45) is 5.92 Å². The molecule has 0 aromatic carbocycles. The Morgan fingerprint density at radius 3 is 2.74 bits per heavy atom. The highest BCUT2D eigenvalue weighted by molar-refractivity contribution is 7.88. The lowest BCUT2D eigenvalue weighted by Crippen LogP contribution is -2.39. The fourth-order valence-corrected chi connectivity index (χ4v) is 3.94. The van der Waals surface area contributed by atoms with E-state index in [9.17, 15) is 8.42 Å². The summed E-state index contributed by atoms with van der Waals surface area (Å²) in [5.74, 6) is 0.300. The Labute approximate surface area is 136 Å². The monoisotopic (exact) mass is 335 g/mol. The fraction of sp³-hybridized carbons (Fsp3) is 0.533. The van der Waals surface area contributed by atoms with E-state index in [1.165, 1.54) is 6.26 Å². The van der Waals surface area contributed by atoms with E-state index >= 15 is 0 Å². The molecule has 1 aliphatic rings. The van der Waals surface area contributed by atoms with Gasteiger partial charge in [0, 0.05) is 30.5 Å². The zero-order chi connectivity index (χ0) is 16.4. The molecule has 1 aliphatic heterocycles. The molecule has 1 fully saturated rings. The van der Waals surface area contributed by atoms with E-state index in [4.69, 9.17) is 0 Å². The molecule has 0 unspecified atom stereocenters. The fourth-order valence-electron chi connectivity index (χ4n) is 3.00. The van der Waals surface area contributed by atoms with Crippen LogP contribution in [0.25, 0.3) is 11.3 Å². The maximum atomic E-state index is 11.7. The van der Waals surface area contributed by atoms with Gasteiger partial charge >= 0.3 is 0 Å². The molecule has 0 aliphatic carbocycles. The van der Waals surface area contributed by atoms with Crippen molar-refractivity contribution in [2.45, 2.75) is 26.2 Å². The van der Waals surface area contributed by atoms with Gasteiger partial charge in [0.25, 0.3) is 0 Å². The molecule has 0 saturated carbocycles. The van der Waals surface area contributed by atoms with Gasteiger partial charge in [-0.3, -0.25) is 15.1 Å².